The molecule has 2 aromatic rings. The van der Waals surface area contributed by atoms with Crippen LogP contribution in [-0.2, 0) is 6.54 Å². The highest BCUT2D eigenvalue weighted by Gasteiger charge is 2.20. The van der Waals surface area contributed by atoms with Gasteiger partial charge in [-0.15, -0.1) is 11.8 Å². The summed E-state index contributed by atoms with van der Waals surface area (Å²) in [6.07, 6.45) is 1.05. The van der Waals surface area contributed by atoms with Crippen LogP contribution in [0.5, 0.6) is 0 Å². The first-order valence-corrected chi connectivity index (χ1v) is 8.34. The predicted molar refractivity (Wildman–Crippen MR) is 87.2 cm³/mol. The molecule has 1 heterocycles. The summed E-state index contributed by atoms with van der Waals surface area (Å²) in [6.45, 7) is 5.09. The zero-order valence-corrected chi connectivity index (χ0v) is 13.3. The van der Waals surface area contributed by atoms with Crippen LogP contribution in [0.4, 0.5) is 4.39 Å². The van der Waals surface area contributed by atoms with E-state index in [0.29, 0.717) is 0 Å². The lowest BCUT2D eigenvalue weighted by Gasteiger charge is -2.26. The van der Waals surface area contributed by atoms with Crippen LogP contribution in [0, 0.1) is 19.7 Å². The van der Waals surface area contributed by atoms with Gasteiger partial charge in [-0.1, -0.05) is 23.8 Å². The van der Waals surface area contributed by atoms with Gasteiger partial charge in [-0.2, -0.15) is 0 Å². The van der Waals surface area contributed by atoms with Gasteiger partial charge in [0.25, 0.3) is 0 Å². The van der Waals surface area contributed by atoms with E-state index in [9.17, 15) is 4.39 Å². The summed E-state index contributed by atoms with van der Waals surface area (Å²) < 4.78 is 13.5. The van der Waals surface area contributed by atoms with Crippen LogP contribution >= 0.6 is 11.8 Å². The predicted octanol–water partition coefficient (Wildman–Crippen LogP) is 4.77. The molecular weight excluding hydrogens is 281 g/mol. The largest absolute Gasteiger partial charge is 0.306 e. The summed E-state index contributed by atoms with van der Waals surface area (Å²) in [5, 5.41) is 3.61. The second kappa shape index (κ2) is 6.20. The molecule has 1 aliphatic heterocycles. The van der Waals surface area contributed by atoms with Crippen molar-refractivity contribution in [1.82, 2.24) is 5.32 Å². The first-order chi connectivity index (χ1) is 10.1. The number of hydrogen-bond acceptors (Lipinski definition) is 2. The van der Waals surface area contributed by atoms with Crippen molar-refractivity contribution in [1.29, 1.82) is 0 Å². The molecule has 0 bridgehead atoms. The summed E-state index contributed by atoms with van der Waals surface area (Å²) in [7, 11) is 0. The summed E-state index contributed by atoms with van der Waals surface area (Å²) in [4.78, 5) is 1.21. The molecule has 1 atom stereocenters. The molecule has 0 saturated heterocycles. The number of rotatable bonds is 3. The van der Waals surface area contributed by atoms with Crippen molar-refractivity contribution in [2.75, 3.05) is 5.75 Å². The number of benzene rings is 2. The third-order valence-electron chi connectivity index (χ3n) is 4.05. The van der Waals surface area contributed by atoms with Crippen LogP contribution in [0.2, 0.25) is 0 Å². The lowest BCUT2D eigenvalue weighted by Crippen LogP contribution is -2.24. The first kappa shape index (κ1) is 14.6. The molecule has 0 radical (unpaired) electrons. The molecule has 0 amide bonds. The first-order valence-electron chi connectivity index (χ1n) is 7.35. The van der Waals surface area contributed by atoms with Crippen molar-refractivity contribution in [2.45, 2.75) is 37.8 Å². The van der Waals surface area contributed by atoms with Gasteiger partial charge in [0.05, 0.1) is 0 Å². The van der Waals surface area contributed by atoms with Gasteiger partial charge in [0.2, 0.25) is 0 Å². The smallest absolute Gasteiger partial charge is 0.123 e. The maximum Gasteiger partial charge on any atom is 0.123 e. The van der Waals surface area contributed by atoms with E-state index in [-0.39, 0.29) is 11.9 Å². The highest BCUT2D eigenvalue weighted by molar-refractivity contribution is 7.99. The van der Waals surface area contributed by atoms with E-state index in [1.54, 1.807) is 12.1 Å². The molecule has 1 aliphatic rings. The third kappa shape index (κ3) is 3.30. The summed E-state index contributed by atoms with van der Waals surface area (Å²) >= 11 is 1.82. The third-order valence-corrected chi connectivity index (χ3v) is 5.18. The van der Waals surface area contributed by atoms with Crippen LogP contribution in [0.1, 0.15) is 34.7 Å². The van der Waals surface area contributed by atoms with E-state index in [2.05, 4.69) is 37.4 Å². The minimum atomic E-state index is -0.144. The maximum atomic E-state index is 13.5. The SMILES string of the molecule is Cc1ccc(C)c(CNC2CCSc3ccc(F)cc32)c1. The van der Waals surface area contributed by atoms with Crippen LogP contribution in [0.15, 0.2) is 41.3 Å². The molecule has 0 aromatic heterocycles. The number of thioether (sulfide) groups is 1. The van der Waals surface area contributed by atoms with E-state index < -0.39 is 0 Å². The van der Waals surface area contributed by atoms with E-state index in [4.69, 9.17) is 0 Å². The number of aryl methyl sites for hydroxylation is 2. The maximum absolute atomic E-state index is 13.5. The normalized spacial score (nSPS) is 17.6. The Hall–Kier alpha value is -1.32. The zero-order valence-electron chi connectivity index (χ0n) is 12.4. The van der Waals surface area contributed by atoms with Crippen molar-refractivity contribution in [3.8, 4) is 0 Å². The molecule has 110 valence electrons. The molecule has 3 heteroatoms. The molecule has 3 rings (SSSR count). The van der Waals surface area contributed by atoms with Crippen LogP contribution in [0.25, 0.3) is 0 Å². The standard InChI is InChI=1S/C18H20FNS/c1-12-3-4-13(2)14(9-12)11-20-17-7-8-21-18-6-5-15(19)10-16(17)18/h3-6,9-10,17,20H,7-8,11H2,1-2H3. The van der Waals surface area contributed by atoms with Crippen molar-refractivity contribution in [3.05, 3.63) is 64.5 Å². The van der Waals surface area contributed by atoms with Gasteiger partial charge < -0.3 is 5.32 Å². The topological polar surface area (TPSA) is 12.0 Å². The average Bonchev–Trinajstić information content (AvgIpc) is 2.48. The molecule has 0 saturated carbocycles. The fourth-order valence-electron chi connectivity index (χ4n) is 2.80. The molecule has 0 aliphatic carbocycles. The van der Waals surface area contributed by atoms with Gasteiger partial charge in [-0.25, -0.2) is 4.39 Å². The Morgan fingerprint density at radius 1 is 1.19 bits per heavy atom. The zero-order chi connectivity index (χ0) is 14.8. The second-order valence-corrected chi connectivity index (χ2v) is 6.82. The lowest BCUT2D eigenvalue weighted by atomic mass is 10.0. The van der Waals surface area contributed by atoms with Crippen molar-refractivity contribution in [2.24, 2.45) is 0 Å². The molecule has 0 spiro atoms. The lowest BCUT2D eigenvalue weighted by molar-refractivity contribution is 0.504. The summed E-state index contributed by atoms with van der Waals surface area (Å²) in [5.41, 5.74) is 5.02. The number of nitrogens with one attached hydrogen (secondary N) is 1. The van der Waals surface area contributed by atoms with Crippen LogP contribution in [0.3, 0.4) is 0 Å². The molecule has 0 fully saturated rings. The fraction of sp³-hybridized carbons (Fsp3) is 0.333. The number of fused-ring (bicyclic) bond motifs is 1. The van der Waals surface area contributed by atoms with Gasteiger partial charge in [-0.05, 0) is 60.9 Å². The second-order valence-electron chi connectivity index (χ2n) is 5.68. The monoisotopic (exact) mass is 301 g/mol. The van der Waals surface area contributed by atoms with Crippen LogP contribution in [-0.4, -0.2) is 5.75 Å². The molecular formula is C18H20FNS. The minimum absolute atomic E-state index is 0.144. The molecule has 2 aromatic carbocycles. The molecule has 1 nitrogen and oxygen atoms in total. The van der Waals surface area contributed by atoms with Crippen molar-refractivity contribution >= 4 is 11.8 Å². The quantitative estimate of drug-likeness (QED) is 0.876. The van der Waals surface area contributed by atoms with Gasteiger partial charge in [0.1, 0.15) is 5.82 Å². The average molecular weight is 301 g/mol. The Morgan fingerprint density at radius 2 is 2.05 bits per heavy atom. The number of hydrogen-bond donors (Lipinski definition) is 1. The van der Waals surface area contributed by atoms with E-state index in [1.807, 2.05) is 17.8 Å². The van der Waals surface area contributed by atoms with Gasteiger partial charge >= 0.3 is 0 Å². The molecule has 1 unspecified atom stereocenters. The highest BCUT2D eigenvalue weighted by atomic mass is 32.2. The highest BCUT2D eigenvalue weighted by Crippen LogP contribution is 2.36. The van der Waals surface area contributed by atoms with Gasteiger partial charge in [-0.3, -0.25) is 0 Å². The number of halogens is 1. The Balaban J connectivity index is 1.78. The van der Waals surface area contributed by atoms with Gasteiger partial charge in [0, 0.05) is 17.5 Å². The van der Waals surface area contributed by atoms with E-state index in [0.717, 1.165) is 24.3 Å². The van der Waals surface area contributed by atoms with E-state index in [1.165, 1.54) is 21.6 Å². The minimum Gasteiger partial charge on any atom is -0.306 e. The Labute approximate surface area is 130 Å². The van der Waals surface area contributed by atoms with Gasteiger partial charge in [0.15, 0.2) is 0 Å². The summed E-state index contributed by atoms with van der Waals surface area (Å²) in [5.74, 6) is 0.943. The Kier molecular flexibility index (Phi) is 4.32. The molecule has 1 N–H and O–H groups in total. The summed E-state index contributed by atoms with van der Waals surface area (Å²) in [6, 6.07) is 11.9. The Bertz CT molecular complexity index is 654. The Morgan fingerprint density at radius 3 is 2.90 bits per heavy atom. The molecule has 21 heavy (non-hydrogen) atoms. The van der Waals surface area contributed by atoms with Crippen molar-refractivity contribution < 1.29 is 4.39 Å². The van der Waals surface area contributed by atoms with E-state index >= 15 is 0 Å². The van der Waals surface area contributed by atoms with Crippen LogP contribution < -0.4 is 5.32 Å². The fourth-order valence-corrected chi connectivity index (χ4v) is 3.91. The van der Waals surface area contributed by atoms with Crippen molar-refractivity contribution in [3.63, 3.8) is 0 Å².